The molecule has 0 saturated heterocycles. The van der Waals surface area contributed by atoms with Crippen LogP contribution in [-0.4, -0.2) is 36.2 Å². The van der Waals surface area contributed by atoms with Crippen LogP contribution in [0.5, 0.6) is 0 Å². The molecule has 0 amide bonds. The van der Waals surface area contributed by atoms with E-state index >= 15 is 0 Å². The van der Waals surface area contributed by atoms with Crippen molar-refractivity contribution < 1.29 is 14.3 Å². The number of fused-ring (bicyclic) bond motifs is 1. The standard InChI is InChI=1S/C13H15NO3/c1-8-5-9-6-11(15)13(2,17-4)12(16)10(9)7-14(8)3/h5-7H,1-4H3. The van der Waals surface area contributed by atoms with Crippen LogP contribution in [-0.2, 0) is 14.3 Å². The van der Waals surface area contributed by atoms with Crippen molar-refractivity contribution in [2.75, 3.05) is 14.2 Å². The van der Waals surface area contributed by atoms with Gasteiger partial charge in [0, 0.05) is 31.6 Å². The monoisotopic (exact) mass is 233 g/mol. The first kappa shape index (κ1) is 11.8. The Labute approximate surface area is 100 Å². The van der Waals surface area contributed by atoms with Crippen molar-refractivity contribution in [3.63, 3.8) is 0 Å². The van der Waals surface area contributed by atoms with Gasteiger partial charge in [-0.25, -0.2) is 0 Å². The zero-order valence-electron chi connectivity index (χ0n) is 10.4. The van der Waals surface area contributed by atoms with Crippen molar-refractivity contribution in [3.05, 3.63) is 35.2 Å². The molecule has 17 heavy (non-hydrogen) atoms. The molecule has 90 valence electrons. The van der Waals surface area contributed by atoms with Crippen molar-refractivity contribution in [1.82, 2.24) is 4.90 Å². The summed E-state index contributed by atoms with van der Waals surface area (Å²) in [4.78, 5) is 26.0. The molecule has 1 aliphatic carbocycles. The van der Waals surface area contributed by atoms with E-state index < -0.39 is 5.60 Å². The third-order valence-corrected chi connectivity index (χ3v) is 3.40. The Kier molecular flexibility index (Phi) is 2.54. The first-order valence-corrected chi connectivity index (χ1v) is 5.39. The minimum Gasteiger partial charge on any atom is -0.362 e. The van der Waals surface area contributed by atoms with Crippen LogP contribution in [0.1, 0.15) is 13.8 Å². The van der Waals surface area contributed by atoms with E-state index in [0.29, 0.717) is 11.1 Å². The number of ketones is 2. The van der Waals surface area contributed by atoms with Crippen LogP contribution in [0.25, 0.3) is 0 Å². The Morgan fingerprint density at radius 3 is 2.53 bits per heavy atom. The minimum absolute atomic E-state index is 0.280. The molecule has 0 aromatic rings. The van der Waals surface area contributed by atoms with Gasteiger partial charge in [-0.05, 0) is 31.6 Å². The van der Waals surface area contributed by atoms with E-state index in [1.807, 2.05) is 24.9 Å². The largest absolute Gasteiger partial charge is 0.362 e. The molecule has 0 aromatic carbocycles. The number of rotatable bonds is 1. The van der Waals surface area contributed by atoms with E-state index in [9.17, 15) is 9.59 Å². The zero-order valence-corrected chi connectivity index (χ0v) is 10.4. The van der Waals surface area contributed by atoms with Gasteiger partial charge in [-0.1, -0.05) is 0 Å². The molecule has 1 heterocycles. The molecule has 1 atom stereocenters. The Morgan fingerprint density at radius 2 is 1.94 bits per heavy atom. The molecule has 0 N–H and O–H groups in total. The summed E-state index contributed by atoms with van der Waals surface area (Å²) < 4.78 is 5.09. The van der Waals surface area contributed by atoms with Gasteiger partial charge in [0.1, 0.15) is 0 Å². The number of allylic oxidation sites excluding steroid dienone is 3. The van der Waals surface area contributed by atoms with Gasteiger partial charge < -0.3 is 9.64 Å². The normalized spacial score (nSPS) is 28.5. The highest BCUT2D eigenvalue weighted by atomic mass is 16.5. The second-order valence-corrected chi connectivity index (χ2v) is 4.47. The maximum Gasteiger partial charge on any atom is 0.204 e. The predicted molar refractivity (Wildman–Crippen MR) is 63.1 cm³/mol. The Hall–Kier alpha value is -1.68. The second kappa shape index (κ2) is 3.67. The van der Waals surface area contributed by atoms with E-state index in [1.165, 1.54) is 20.1 Å². The molecule has 0 radical (unpaired) electrons. The molecule has 4 heteroatoms. The average molecular weight is 233 g/mol. The molecule has 0 fully saturated rings. The molecule has 1 unspecified atom stereocenters. The summed E-state index contributed by atoms with van der Waals surface area (Å²) in [6.45, 7) is 3.43. The highest BCUT2D eigenvalue weighted by Gasteiger charge is 2.46. The number of Topliss-reactive ketones (excluding diaryl/α,β-unsaturated/α-hetero) is 1. The van der Waals surface area contributed by atoms with E-state index in [4.69, 9.17) is 4.74 Å². The average Bonchev–Trinajstić information content (AvgIpc) is 2.29. The third kappa shape index (κ3) is 1.56. The lowest BCUT2D eigenvalue weighted by molar-refractivity contribution is -0.147. The van der Waals surface area contributed by atoms with Gasteiger partial charge in [0.15, 0.2) is 11.4 Å². The lowest BCUT2D eigenvalue weighted by Crippen LogP contribution is -2.49. The van der Waals surface area contributed by atoms with Crippen LogP contribution in [0.3, 0.4) is 0 Å². The van der Waals surface area contributed by atoms with Crippen molar-refractivity contribution in [3.8, 4) is 0 Å². The smallest absolute Gasteiger partial charge is 0.204 e. The highest BCUT2D eigenvalue weighted by molar-refractivity contribution is 6.25. The molecule has 4 nitrogen and oxygen atoms in total. The zero-order chi connectivity index (χ0) is 12.8. The van der Waals surface area contributed by atoms with Crippen molar-refractivity contribution >= 4 is 11.6 Å². The molecule has 0 bridgehead atoms. The van der Waals surface area contributed by atoms with E-state index in [-0.39, 0.29) is 11.6 Å². The number of hydrogen-bond donors (Lipinski definition) is 0. The van der Waals surface area contributed by atoms with Crippen molar-refractivity contribution in [1.29, 1.82) is 0 Å². The first-order chi connectivity index (χ1) is 7.90. The number of nitrogens with zero attached hydrogens (tertiary/aromatic N) is 1. The Balaban J connectivity index is 2.57. The number of carbonyl (C=O) groups excluding carboxylic acids is 2. The molecule has 0 spiro atoms. The van der Waals surface area contributed by atoms with E-state index in [1.54, 1.807) is 6.20 Å². The fraction of sp³-hybridized carbons (Fsp3) is 0.385. The summed E-state index contributed by atoms with van der Waals surface area (Å²) in [5.41, 5.74) is 0.809. The van der Waals surface area contributed by atoms with Crippen LogP contribution in [0.4, 0.5) is 0 Å². The quantitative estimate of drug-likeness (QED) is 0.638. The van der Waals surface area contributed by atoms with Gasteiger partial charge in [-0.15, -0.1) is 0 Å². The van der Waals surface area contributed by atoms with Gasteiger partial charge in [0.25, 0.3) is 0 Å². The van der Waals surface area contributed by atoms with E-state index in [0.717, 1.165) is 5.70 Å². The predicted octanol–water partition coefficient (Wildman–Crippen LogP) is 1.20. The fourth-order valence-corrected chi connectivity index (χ4v) is 1.92. The van der Waals surface area contributed by atoms with Crippen LogP contribution in [0, 0.1) is 0 Å². The lowest BCUT2D eigenvalue weighted by Gasteiger charge is -2.32. The molecular formula is C13H15NO3. The van der Waals surface area contributed by atoms with Gasteiger partial charge in [-0.3, -0.25) is 9.59 Å². The SMILES string of the molecule is COC1(C)C(=O)C=C2C=C(C)N(C)C=C2C1=O. The summed E-state index contributed by atoms with van der Waals surface area (Å²) in [7, 11) is 3.24. The highest BCUT2D eigenvalue weighted by Crippen LogP contribution is 2.32. The number of hydrogen-bond acceptors (Lipinski definition) is 4. The van der Waals surface area contributed by atoms with Crippen LogP contribution in [0.2, 0.25) is 0 Å². The molecule has 2 rings (SSSR count). The summed E-state index contributed by atoms with van der Waals surface area (Å²) in [6.07, 6.45) is 5.06. The summed E-state index contributed by atoms with van der Waals surface area (Å²) in [6, 6.07) is 0. The molecule has 2 aliphatic rings. The molecule has 0 saturated carbocycles. The molecule has 1 aliphatic heterocycles. The van der Waals surface area contributed by atoms with Crippen molar-refractivity contribution in [2.45, 2.75) is 19.4 Å². The maximum atomic E-state index is 12.3. The van der Waals surface area contributed by atoms with Gasteiger partial charge in [0.2, 0.25) is 5.78 Å². The van der Waals surface area contributed by atoms with Gasteiger partial charge in [0.05, 0.1) is 0 Å². The Morgan fingerprint density at radius 1 is 1.29 bits per heavy atom. The minimum atomic E-state index is -1.38. The fourth-order valence-electron chi connectivity index (χ4n) is 1.92. The number of methoxy groups -OCH3 is 1. The lowest BCUT2D eigenvalue weighted by atomic mass is 9.80. The maximum absolute atomic E-state index is 12.3. The van der Waals surface area contributed by atoms with Gasteiger partial charge >= 0.3 is 0 Å². The third-order valence-electron chi connectivity index (χ3n) is 3.40. The summed E-state index contributed by atoms with van der Waals surface area (Å²) in [5.74, 6) is -0.580. The van der Waals surface area contributed by atoms with Gasteiger partial charge in [-0.2, -0.15) is 0 Å². The Bertz CT molecular complexity index is 499. The topological polar surface area (TPSA) is 46.6 Å². The van der Waals surface area contributed by atoms with Crippen molar-refractivity contribution in [2.24, 2.45) is 0 Å². The van der Waals surface area contributed by atoms with Crippen LogP contribution >= 0.6 is 0 Å². The number of carbonyl (C=O) groups is 2. The summed E-state index contributed by atoms with van der Waals surface area (Å²) in [5, 5.41) is 0. The second-order valence-electron chi connectivity index (χ2n) is 4.47. The summed E-state index contributed by atoms with van der Waals surface area (Å²) >= 11 is 0. The number of ether oxygens (including phenoxy) is 1. The van der Waals surface area contributed by atoms with Crippen LogP contribution in [0.15, 0.2) is 35.2 Å². The first-order valence-electron chi connectivity index (χ1n) is 5.39. The van der Waals surface area contributed by atoms with E-state index in [2.05, 4.69) is 0 Å². The van der Waals surface area contributed by atoms with Crippen LogP contribution < -0.4 is 0 Å². The molecule has 0 aromatic heterocycles. The molecular weight excluding hydrogens is 218 g/mol.